The van der Waals surface area contributed by atoms with Gasteiger partial charge in [0, 0.05) is 25.2 Å². The van der Waals surface area contributed by atoms with Crippen LogP contribution in [0.25, 0.3) is 0 Å². The first kappa shape index (κ1) is 16.1. The Hall–Kier alpha value is -1.82. The number of piperidine rings is 1. The van der Waals surface area contributed by atoms with Crippen molar-refractivity contribution < 1.29 is 9.59 Å². The zero-order chi connectivity index (χ0) is 16.2. The molecule has 0 saturated carbocycles. The minimum absolute atomic E-state index is 0.139. The van der Waals surface area contributed by atoms with E-state index in [-0.39, 0.29) is 18.2 Å². The van der Waals surface area contributed by atoms with E-state index >= 15 is 0 Å². The van der Waals surface area contributed by atoms with Crippen LogP contribution in [-0.2, 0) is 9.59 Å². The highest BCUT2D eigenvalue weighted by atomic mass is 32.2. The van der Waals surface area contributed by atoms with Crippen molar-refractivity contribution in [1.82, 2.24) is 4.90 Å². The largest absolute Gasteiger partial charge is 0.351 e. The van der Waals surface area contributed by atoms with E-state index in [9.17, 15) is 9.59 Å². The molecule has 5 nitrogen and oxygen atoms in total. The third-order valence-corrected chi connectivity index (χ3v) is 5.36. The lowest BCUT2D eigenvalue weighted by Gasteiger charge is -2.27. The summed E-state index contributed by atoms with van der Waals surface area (Å²) in [6.07, 6.45) is 3.70. The van der Waals surface area contributed by atoms with Crippen LogP contribution in [0.3, 0.4) is 0 Å². The molecule has 0 aromatic heterocycles. The Kier molecular flexibility index (Phi) is 5.00. The van der Waals surface area contributed by atoms with Crippen molar-refractivity contribution in [3.05, 3.63) is 29.8 Å². The van der Waals surface area contributed by atoms with Gasteiger partial charge >= 0.3 is 0 Å². The molecule has 1 unspecified atom stereocenters. The zero-order valence-corrected chi connectivity index (χ0v) is 14.1. The van der Waals surface area contributed by atoms with Crippen molar-refractivity contribution in [2.75, 3.05) is 18.4 Å². The van der Waals surface area contributed by atoms with Crippen LogP contribution in [0, 0.1) is 6.92 Å². The van der Waals surface area contributed by atoms with Gasteiger partial charge in [-0.1, -0.05) is 30.0 Å². The molecule has 0 aliphatic carbocycles. The first-order valence-electron chi connectivity index (χ1n) is 8.03. The predicted molar refractivity (Wildman–Crippen MR) is 93.7 cm³/mol. The second-order valence-corrected chi connectivity index (χ2v) is 7.12. The van der Waals surface area contributed by atoms with Crippen molar-refractivity contribution in [1.29, 1.82) is 0 Å². The van der Waals surface area contributed by atoms with E-state index in [0.29, 0.717) is 0 Å². The van der Waals surface area contributed by atoms with Crippen molar-refractivity contribution in [3.8, 4) is 0 Å². The van der Waals surface area contributed by atoms with Gasteiger partial charge in [-0.2, -0.15) is 4.99 Å². The molecule has 1 aromatic rings. The molecule has 2 aliphatic rings. The van der Waals surface area contributed by atoms with Gasteiger partial charge < -0.3 is 10.2 Å². The fourth-order valence-corrected chi connectivity index (χ4v) is 3.93. The smallest absolute Gasteiger partial charge is 0.262 e. The predicted octanol–water partition coefficient (Wildman–Crippen LogP) is 2.81. The molecule has 1 N–H and O–H groups in total. The van der Waals surface area contributed by atoms with Crippen molar-refractivity contribution in [3.63, 3.8) is 0 Å². The van der Waals surface area contributed by atoms with E-state index in [1.807, 2.05) is 31.2 Å². The summed E-state index contributed by atoms with van der Waals surface area (Å²) in [5, 5.41) is 3.29. The second kappa shape index (κ2) is 7.17. The minimum atomic E-state index is -0.393. The molecular formula is C17H21N3O2S. The van der Waals surface area contributed by atoms with Crippen LogP contribution in [0.15, 0.2) is 29.3 Å². The topological polar surface area (TPSA) is 61.8 Å². The molecule has 122 valence electrons. The van der Waals surface area contributed by atoms with Crippen LogP contribution in [0.1, 0.15) is 31.2 Å². The fourth-order valence-electron chi connectivity index (χ4n) is 2.81. The van der Waals surface area contributed by atoms with E-state index < -0.39 is 5.25 Å². The molecule has 1 fully saturated rings. The van der Waals surface area contributed by atoms with Gasteiger partial charge in [0.05, 0.1) is 0 Å². The van der Waals surface area contributed by atoms with Crippen LogP contribution >= 0.6 is 11.8 Å². The summed E-state index contributed by atoms with van der Waals surface area (Å²) in [5.74, 6) is -0.323. The number of rotatable bonds is 3. The number of aryl methyl sites for hydroxylation is 1. The molecule has 1 aromatic carbocycles. The molecule has 6 heteroatoms. The van der Waals surface area contributed by atoms with Gasteiger partial charge in [-0.3, -0.25) is 9.59 Å². The van der Waals surface area contributed by atoms with Gasteiger partial charge in [0.25, 0.3) is 5.91 Å². The van der Waals surface area contributed by atoms with Crippen molar-refractivity contribution in [2.45, 2.75) is 37.9 Å². The fraction of sp³-hybridized carbons (Fsp3) is 0.471. The Morgan fingerprint density at radius 1 is 1.30 bits per heavy atom. The number of thioether (sulfide) groups is 1. The highest BCUT2D eigenvalue weighted by Gasteiger charge is 2.33. The average molecular weight is 331 g/mol. The van der Waals surface area contributed by atoms with Gasteiger partial charge in [0.15, 0.2) is 5.17 Å². The minimum Gasteiger partial charge on any atom is -0.351 e. The number of anilines is 1. The Balaban J connectivity index is 1.56. The number of carbonyl (C=O) groups is 2. The third-order valence-electron chi connectivity index (χ3n) is 4.15. The normalized spacial score (nSPS) is 21.3. The quantitative estimate of drug-likeness (QED) is 0.925. The second-order valence-electron chi connectivity index (χ2n) is 5.95. The maximum absolute atomic E-state index is 12.2. The van der Waals surface area contributed by atoms with Crippen molar-refractivity contribution in [2.24, 2.45) is 4.99 Å². The number of hydrogen-bond donors (Lipinski definition) is 1. The summed E-state index contributed by atoms with van der Waals surface area (Å²) in [5.41, 5.74) is 1.81. The molecule has 0 bridgehead atoms. The number of carbonyl (C=O) groups excluding carboxylic acids is 2. The van der Waals surface area contributed by atoms with E-state index in [1.54, 1.807) is 0 Å². The van der Waals surface area contributed by atoms with E-state index in [4.69, 9.17) is 0 Å². The Labute approximate surface area is 140 Å². The van der Waals surface area contributed by atoms with E-state index in [1.165, 1.54) is 18.2 Å². The number of amides is 2. The maximum atomic E-state index is 12.2. The van der Waals surface area contributed by atoms with Gasteiger partial charge in [-0.05, 0) is 37.8 Å². The number of amidine groups is 1. The number of likely N-dealkylation sites (tertiary alicyclic amines) is 1. The molecule has 23 heavy (non-hydrogen) atoms. The Morgan fingerprint density at radius 3 is 2.78 bits per heavy atom. The lowest BCUT2D eigenvalue weighted by molar-refractivity contribution is -0.121. The SMILES string of the molecule is Cc1ccccc1NC(=O)CC1SC(N2CCCCC2)=NC1=O. The third kappa shape index (κ3) is 3.93. The highest BCUT2D eigenvalue weighted by Crippen LogP contribution is 2.29. The van der Waals surface area contributed by atoms with E-state index in [2.05, 4.69) is 15.2 Å². The number of nitrogens with zero attached hydrogens (tertiary/aromatic N) is 2. The summed E-state index contributed by atoms with van der Waals surface area (Å²) in [6, 6.07) is 7.63. The van der Waals surface area contributed by atoms with Crippen LogP contribution in [0.5, 0.6) is 0 Å². The Morgan fingerprint density at radius 2 is 2.04 bits per heavy atom. The summed E-state index contributed by atoms with van der Waals surface area (Å²) < 4.78 is 0. The average Bonchev–Trinajstić information content (AvgIpc) is 2.91. The summed E-state index contributed by atoms with van der Waals surface area (Å²) in [4.78, 5) is 30.6. The lowest BCUT2D eigenvalue weighted by Crippen LogP contribution is -2.33. The van der Waals surface area contributed by atoms with Crippen molar-refractivity contribution >= 4 is 34.4 Å². The molecule has 1 saturated heterocycles. The van der Waals surface area contributed by atoms with Crippen LogP contribution in [0.2, 0.25) is 0 Å². The molecule has 0 radical (unpaired) electrons. The van der Waals surface area contributed by atoms with Gasteiger partial charge in [-0.25, -0.2) is 0 Å². The zero-order valence-electron chi connectivity index (χ0n) is 13.2. The summed E-state index contributed by atoms with van der Waals surface area (Å²) in [7, 11) is 0. The monoisotopic (exact) mass is 331 g/mol. The molecule has 1 atom stereocenters. The van der Waals surface area contributed by atoms with Crippen LogP contribution in [0.4, 0.5) is 5.69 Å². The lowest BCUT2D eigenvalue weighted by atomic mass is 10.1. The Bertz CT molecular complexity index is 638. The molecule has 2 aliphatic heterocycles. The molecule has 2 heterocycles. The summed E-state index contributed by atoms with van der Waals surface area (Å²) in [6.45, 7) is 3.87. The molecule has 0 spiro atoms. The maximum Gasteiger partial charge on any atom is 0.262 e. The first-order valence-corrected chi connectivity index (χ1v) is 8.91. The first-order chi connectivity index (χ1) is 11.1. The molecule has 2 amide bonds. The molecule has 3 rings (SSSR count). The number of para-hydroxylation sites is 1. The highest BCUT2D eigenvalue weighted by molar-refractivity contribution is 8.15. The summed E-state index contributed by atoms with van der Waals surface area (Å²) >= 11 is 1.43. The van der Waals surface area contributed by atoms with Crippen LogP contribution < -0.4 is 5.32 Å². The number of aliphatic imine (C=N–C) groups is 1. The van der Waals surface area contributed by atoms with Gasteiger partial charge in [0.1, 0.15) is 5.25 Å². The van der Waals surface area contributed by atoms with E-state index in [0.717, 1.165) is 42.3 Å². The number of nitrogens with one attached hydrogen (secondary N) is 1. The number of benzene rings is 1. The van der Waals surface area contributed by atoms with Gasteiger partial charge in [0.2, 0.25) is 5.91 Å². The van der Waals surface area contributed by atoms with Gasteiger partial charge in [-0.15, -0.1) is 0 Å². The molecular weight excluding hydrogens is 310 g/mol. The standard InChI is InChI=1S/C17H21N3O2S/c1-12-7-3-4-8-13(12)18-15(21)11-14-16(22)19-17(23-14)20-9-5-2-6-10-20/h3-4,7-8,14H,2,5-6,9-11H2,1H3,(H,18,21). The van der Waals surface area contributed by atoms with Crippen LogP contribution in [-0.4, -0.2) is 40.2 Å². The number of hydrogen-bond acceptors (Lipinski definition) is 4.